The first kappa shape index (κ1) is 22.1. The molecule has 9 nitrogen and oxygen atoms in total. The zero-order chi connectivity index (χ0) is 23.5. The van der Waals surface area contributed by atoms with Crippen LogP contribution >= 0.6 is 0 Å². The number of nitrogens with one attached hydrogen (secondary N) is 2. The van der Waals surface area contributed by atoms with E-state index >= 15 is 0 Å². The van der Waals surface area contributed by atoms with Crippen molar-refractivity contribution in [3.63, 3.8) is 0 Å². The number of carboxylic acids is 1. The third kappa shape index (κ3) is 4.57. The highest BCUT2D eigenvalue weighted by atomic mass is 16.5. The van der Waals surface area contributed by atoms with Crippen LogP contribution in [0.2, 0.25) is 0 Å². The Labute approximate surface area is 190 Å². The zero-order valence-electron chi connectivity index (χ0n) is 18.2. The van der Waals surface area contributed by atoms with E-state index in [1.807, 2.05) is 36.4 Å². The summed E-state index contributed by atoms with van der Waals surface area (Å²) in [6, 6.07) is 17.5. The SMILES string of the molecule is CC(CNC(=O)c1cc(NC(=O)OCC2c3ccccc3-c3ccccc32)nn1C)C(=O)O. The number of benzene rings is 2. The molecule has 2 aromatic carbocycles. The normalized spacial score (nSPS) is 13.0. The highest BCUT2D eigenvalue weighted by Crippen LogP contribution is 2.44. The fourth-order valence-corrected chi connectivity index (χ4v) is 3.90. The van der Waals surface area contributed by atoms with E-state index in [1.165, 1.54) is 17.7 Å². The van der Waals surface area contributed by atoms with Crippen LogP contribution in [0.3, 0.4) is 0 Å². The summed E-state index contributed by atoms with van der Waals surface area (Å²) in [7, 11) is 1.55. The van der Waals surface area contributed by atoms with E-state index in [4.69, 9.17) is 9.84 Å². The van der Waals surface area contributed by atoms with Crippen molar-refractivity contribution in [1.29, 1.82) is 0 Å². The number of nitrogens with zero attached hydrogens (tertiary/aromatic N) is 2. The summed E-state index contributed by atoms with van der Waals surface area (Å²) in [5.41, 5.74) is 4.68. The molecule has 1 aliphatic carbocycles. The first-order valence-corrected chi connectivity index (χ1v) is 10.5. The number of ether oxygens (including phenoxy) is 1. The van der Waals surface area contributed by atoms with Gasteiger partial charge in [-0.1, -0.05) is 55.5 Å². The Morgan fingerprint density at radius 1 is 1.09 bits per heavy atom. The lowest BCUT2D eigenvalue weighted by Crippen LogP contribution is -2.32. The molecule has 1 atom stereocenters. The average molecular weight is 448 g/mol. The Morgan fingerprint density at radius 2 is 1.70 bits per heavy atom. The average Bonchev–Trinajstić information content (AvgIpc) is 3.33. The molecule has 1 unspecified atom stereocenters. The number of aliphatic carboxylic acids is 1. The molecule has 33 heavy (non-hydrogen) atoms. The summed E-state index contributed by atoms with van der Waals surface area (Å²) in [5.74, 6) is -2.12. The molecule has 1 aromatic heterocycles. The van der Waals surface area contributed by atoms with Crippen molar-refractivity contribution in [2.45, 2.75) is 12.8 Å². The minimum Gasteiger partial charge on any atom is -0.481 e. The molecule has 0 saturated carbocycles. The van der Waals surface area contributed by atoms with Gasteiger partial charge in [0.05, 0.1) is 5.92 Å². The van der Waals surface area contributed by atoms with Gasteiger partial charge in [-0.2, -0.15) is 5.10 Å². The van der Waals surface area contributed by atoms with Crippen molar-refractivity contribution < 1.29 is 24.2 Å². The Kier molecular flexibility index (Phi) is 6.12. The van der Waals surface area contributed by atoms with Crippen LogP contribution in [0.5, 0.6) is 0 Å². The fraction of sp³-hybridized carbons (Fsp3) is 0.250. The topological polar surface area (TPSA) is 123 Å². The maximum atomic E-state index is 12.4. The quantitative estimate of drug-likeness (QED) is 0.510. The van der Waals surface area contributed by atoms with Gasteiger partial charge in [0.25, 0.3) is 5.91 Å². The molecule has 0 radical (unpaired) electrons. The highest BCUT2D eigenvalue weighted by Gasteiger charge is 2.29. The van der Waals surface area contributed by atoms with Gasteiger partial charge in [-0.05, 0) is 22.3 Å². The van der Waals surface area contributed by atoms with Crippen molar-refractivity contribution in [2.75, 3.05) is 18.5 Å². The molecule has 3 aromatic rings. The second-order valence-corrected chi connectivity index (χ2v) is 7.94. The maximum Gasteiger partial charge on any atom is 0.412 e. The van der Waals surface area contributed by atoms with Gasteiger partial charge in [0.2, 0.25) is 0 Å². The third-order valence-electron chi connectivity index (χ3n) is 5.68. The summed E-state index contributed by atoms with van der Waals surface area (Å²) < 4.78 is 6.80. The summed E-state index contributed by atoms with van der Waals surface area (Å²) in [6.07, 6.45) is -0.679. The number of hydrogen-bond donors (Lipinski definition) is 3. The van der Waals surface area contributed by atoms with Crippen molar-refractivity contribution in [2.24, 2.45) is 13.0 Å². The molecular formula is C24H24N4O5. The minimum atomic E-state index is -1.00. The molecule has 3 N–H and O–H groups in total. The smallest absolute Gasteiger partial charge is 0.412 e. The summed E-state index contributed by atoms with van der Waals surface area (Å²) in [4.78, 5) is 35.6. The summed E-state index contributed by atoms with van der Waals surface area (Å²) >= 11 is 0. The molecule has 0 spiro atoms. The third-order valence-corrected chi connectivity index (χ3v) is 5.68. The van der Waals surface area contributed by atoms with Crippen LogP contribution in [-0.4, -0.2) is 46.0 Å². The molecule has 1 heterocycles. The van der Waals surface area contributed by atoms with Gasteiger partial charge in [0, 0.05) is 25.6 Å². The first-order valence-electron chi connectivity index (χ1n) is 10.5. The maximum absolute atomic E-state index is 12.4. The van der Waals surface area contributed by atoms with E-state index in [1.54, 1.807) is 7.05 Å². The van der Waals surface area contributed by atoms with Crippen LogP contribution in [0.25, 0.3) is 11.1 Å². The van der Waals surface area contributed by atoms with Gasteiger partial charge >= 0.3 is 12.1 Å². The number of carbonyl (C=O) groups is 3. The lowest BCUT2D eigenvalue weighted by Gasteiger charge is -2.14. The van der Waals surface area contributed by atoms with Crippen LogP contribution in [-0.2, 0) is 16.6 Å². The van der Waals surface area contributed by atoms with E-state index in [0.29, 0.717) is 0 Å². The number of amides is 2. The van der Waals surface area contributed by atoms with Crippen LogP contribution in [0, 0.1) is 5.92 Å². The molecular weight excluding hydrogens is 424 g/mol. The van der Waals surface area contributed by atoms with Crippen molar-refractivity contribution in [3.8, 4) is 11.1 Å². The fourth-order valence-electron chi connectivity index (χ4n) is 3.90. The van der Waals surface area contributed by atoms with Gasteiger partial charge < -0.3 is 15.2 Å². The number of aromatic nitrogens is 2. The van der Waals surface area contributed by atoms with Gasteiger partial charge in [-0.15, -0.1) is 0 Å². The van der Waals surface area contributed by atoms with Gasteiger partial charge in [-0.25, -0.2) is 4.79 Å². The number of carbonyl (C=O) groups excluding carboxylic acids is 2. The number of anilines is 1. The standard InChI is InChI=1S/C24H24N4O5/c1-14(23(30)31)12-25-22(29)20-11-21(27-28(20)2)26-24(32)33-13-19-17-9-5-3-7-15(17)16-8-4-6-10-18(16)19/h3-11,14,19H,12-13H2,1-2H3,(H,25,29)(H,30,31)(H,26,27,32). The predicted molar refractivity (Wildman–Crippen MR) is 121 cm³/mol. The number of rotatable bonds is 7. The molecule has 1 aliphatic rings. The monoisotopic (exact) mass is 448 g/mol. The van der Waals surface area contributed by atoms with Crippen LogP contribution in [0.1, 0.15) is 34.5 Å². The van der Waals surface area contributed by atoms with Crippen LogP contribution in [0.4, 0.5) is 10.6 Å². The van der Waals surface area contributed by atoms with E-state index in [0.717, 1.165) is 22.3 Å². The van der Waals surface area contributed by atoms with E-state index in [2.05, 4.69) is 27.9 Å². The molecule has 4 rings (SSSR count). The zero-order valence-corrected chi connectivity index (χ0v) is 18.2. The predicted octanol–water partition coefficient (Wildman–Crippen LogP) is 3.23. The molecule has 9 heteroatoms. The summed E-state index contributed by atoms with van der Waals surface area (Å²) in [6.45, 7) is 1.64. The molecule has 0 aliphatic heterocycles. The Morgan fingerprint density at radius 3 is 2.30 bits per heavy atom. The minimum absolute atomic E-state index is 0.0194. The highest BCUT2D eigenvalue weighted by molar-refractivity contribution is 5.94. The van der Waals surface area contributed by atoms with Gasteiger partial charge in [-0.3, -0.25) is 19.6 Å². The number of aryl methyl sites for hydroxylation is 1. The van der Waals surface area contributed by atoms with Gasteiger partial charge in [0.15, 0.2) is 5.82 Å². The first-order chi connectivity index (χ1) is 15.8. The Hall–Kier alpha value is -4.14. The number of fused-ring (bicyclic) bond motifs is 3. The lowest BCUT2D eigenvalue weighted by molar-refractivity contribution is -0.140. The molecule has 0 saturated heterocycles. The van der Waals surface area contributed by atoms with Crippen LogP contribution < -0.4 is 10.6 Å². The van der Waals surface area contributed by atoms with E-state index in [-0.39, 0.29) is 30.6 Å². The van der Waals surface area contributed by atoms with E-state index in [9.17, 15) is 14.4 Å². The Bertz CT molecular complexity index is 1170. The molecule has 0 fully saturated rings. The summed E-state index contributed by atoms with van der Waals surface area (Å²) in [5, 5.41) is 18.1. The second kappa shape index (κ2) is 9.15. The molecule has 170 valence electrons. The molecule has 0 bridgehead atoms. The number of hydrogen-bond acceptors (Lipinski definition) is 5. The van der Waals surface area contributed by atoms with Crippen molar-refractivity contribution in [1.82, 2.24) is 15.1 Å². The van der Waals surface area contributed by atoms with Crippen molar-refractivity contribution >= 4 is 23.8 Å². The Balaban J connectivity index is 1.38. The lowest BCUT2D eigenvalue weighted by atomic mass is 9.98. The largest absolute Gasteiger partial charge is 0.481 e. The van der Waals surface area contributed by atoms with E-state index < -0.39 is 23.9 Å². The van der Waals surface area contributed by atoms with Gasteiger partial charge in [0.1, 0.15) is 12.3 Å². The molecule has 2 amide bonds. The van der Waals surface area contributed by atoms with Crippen molar-refractivity contribution in [3.05, 3.63) is 71.4 Å². The number of carboxylic acid groups (broad SMARTS) is 1. The second-order valence-electron chi connectivity index (χ2n) is 7.94. The van der Waals surface area contributed by atoms with Crippen LogP contribution in [0.15, 0.2) is 54.6 Å².